The van der Waals surface area contributed by atoms with Crippen LogP contribution in [0.3, 0.4) is 0 Å². The van der Waals surface area contributed by atoms with Crippen LogP contribution in [0.1, 0.15) is 13.8 Å². The average molecular weight is 317 g/mol. The molecule has 0 radical (unpaired) electrons. The molecule has 118 valence electrons. The summed E-state index contributed by atoms with van der Waals surface area (Å²) in [7, 11) is 0. The molecule has 0 aromatic heterocycles. The highest BCUT2D eigenvalue weighted by atomic mass is 32.2. The first-order chi connectivity index (χ1) is 9.96. The van der Waals surface area contributed by atoms with Crippen molar-refractivity contribution in [1.82, 2.24) is 0 Å². The molecular formula is C13H19NO6S. The Hall–Kier alpha value is -1.11. The number of hydrogen-bond donors (Lipinski definition) is 3. The molecule has 0 saturated carbocycles. The molecule has 1 fully saturated rings. The van der Waals surface area contributed by atoms with Crippen molar-refractivity contribution in [3.05, 3.63) is 16.2 Å². The Bertz CT molecular complexity index is 435. The topological polar surface area (TPSA) is 109 Å². The lowest BCUT2D eigenvalue weighted by Crippen LogP contribution is -2.58. The molecule has 5 atom stereocenters. The second kappa shape index (κ2) is 8.36. The van der Waals surface area contributed by atoms with Gasteiger partial charge in [0.15, 0.2) is 0 Å². The number of ether oxygens (including phenoxy) is 1. The van der Waals surface area contributed by atoms with Crippen LogP contribution in [0.25, 0.3) is 0 Å². The Morgan fingerprint density at radius 2 is 2.00 bits per heavy atom. The van der Waals surface area contributed by atoms with Crippen molar-refractivity contribution in [2.24, 2.45) is 5.18 Å². The van der Waals surface area contributed by atoms with Gasteiger partial charge in [0.1, 0.15) is 30.1 Å². The van der Waals surface area contributed by atoms with Gasteiger partial charge < -0.3 is 24.2 Å². The van der Waals surface area contributed by atoms with Crippen LogP contribution in [-0.4, -0.2) is 58.1 Å². The molecular weight excluding hydrogens is 298 g/mol. The fourth-order valence-corrected chi connectivity index (χ4v) is 2.57. The third kappa shape index (κ3) is 4.43. The summed E-state index contributed by atoms with van der Waals surface area (Å²) >= 11 is 0.996. The number of terminal acetylenes is 1. The van der Waals surface area contributed by atoms with E-state index in [4.69, 9.17) is 20.4 Å². The number of nitrogens with zero attached hydrogens (tertiary/aromatic N) is 1. The van der Waals surface area contributed by atoms with Crippen molar-refractivity contribution in [2.45, 2.75) is 44.3 Å². The van der Waals surface area contributed by atoms with Crippen molar-refractivity contribution in [3.63, 3.8) is 0 Å². The number of nitroso groups, excluding NO2 is 1. The molecule has 0 aliphatic carbocycles. The molecule has 1 saturated heterocycles. The fraction of sp³-hybridized carbons (Fsp3) is 0.692. The van der Waals surface area contributed by atoms with Gasteiger partial charge in [-0.25, -0.2) is 0 Å². The first kappa shape index (κ1) is 17.9. The van der Waals surface area contributed by atoms with E-state index < -0.39 is 37.1 Å². The van der Waals surface area contributed by atoms with Gasteiger partial charge in [-0.15, -0.1) is 6.42 Å². The summed E-state index contributed by atoms with van der Waals surface area (Å²) < 4.78 is 10.7. The second-order valence-corrected chi connectivity index (χ2v) is 5.40. The summed E-state index contributed by atoms with van der Waals surface area (Å²) in [5.41, 5.74) is 0.642. The maximum Gasteiger partial charge on any atom is 0.149 e. The van der Waals surface area contributed by atoms with Crippen molar-refractivity contribution in [2.75, 3.05) is 12.4 Å². The molecule has 0 aromatic rings. The molecule has 1 heterocycles. The number of allylic oxidation sites excluding steroid dienone is 2. The smallest absolute Gasteiger partial charge is 0.149 e. The maximum absolute atomic E-state index is 10.7. The van der Waals surface area contributed by atoms with Gasteiger partial charge in [-0.1, -0.05) is 11.1 Å². The summed E-state index contributed by atoms with van der Waals surface area (Å²) in [6.07, 6.45) is 0.865. The SMILES string of the molecule is C#C/C(C)=C(\C)OSCC1OC(CO)C(O)C(N=O)C1O. The van der Waals surface area contributed by atoms with E-state index in [1.807, 2.05) is 0 Å². The minimum Gasteiger partial charge on any atom is -0.429 e. The zero-order chi connectivity index (χ0) is 16.0. The van der Waals surface area contributed by atoms with Gasteiger partial charge in [0, 0.05) is 5.57 Å². The van der Waals surface area contributed by atoms with Gasteiger partial charge >= 0.3 is 0 Å². The Labute approximate surface area is 127 Å². The van der Waals surface area contributed by atoms with E-state index in [9.17, 15) is 15.1 Å². The molecule has 3 N–H and O–H groups in total. The van der Waals surface area contributed by atoms with Crippen LogP contribution in [0.2, 0.25) is 0 Å². The van der Waals surface area contributed by atoms with Crippen molar-refractivity contribution < 1.29 is 24.2 Å². The summed E-state index contributed by atoms with van der Waals surface area (Å²) in [6.45, 7) is 2.96. The summed E-state index contributed by atoms with van der Waals surface area (Å²) in [6, 6.07) is -1.24. The van der Waals surface area contributed by atoms with E-state index in [1.165, 1.54) is 0 Å². The number of rotatable bonds is 6. The second-order valence-electron chi connectivity index (χ2n) is 4.67. The molecule has 1 aliphatic heterocycles. The summed E-state index contributed by atoms with van der Waals surface area (Å²) in [5, 5.41) is 31.5. The van der Waals surface area contributed by atoms with Crippen LogP contribution < -0.4 is 0 Å². The van der Waals surface area contributed by atoms with Gasteiger partial charge in [-0.05, 0) is 13.8 Å². The molecule has 7 nitrogen and oxygen atoms in total. The van der Waals surface area contributed by atoms with E-state index in [2.05, 4.69) is 11.1 Å². The number of aliphatic hydroxyl groups excluding tert-OH is 3. The molecule has 5 unspecified atom stereocenters. The molecule has 1 rings (SSSR count). The van der Waals surface area contributed by atoms with Crippen LogP contribution in [0.4, 0.5) is 0 Å². The van der Waals surface area contributed by atoms with E-state index in [0.29, 0.717) is 11.3 Å². The highest BCUT2D eigenvalue weighted by Gasteiger charge is 2.45. The van der Waals surface area contributed by atoms with Crippen LogP contribution >= 0.6 is 12.0 Å². The lowest BCUT2D eigenvalue weighted by Gasteiger charge is -2.38. The first-order valence-corrected chi connectivity index (χ1v) is 7.25. The van der Waals surface area contributed by atoms with Crippen molar-refractivity contribution >= 4 is 12.0 Å². The van der Waals surface area contributed by atoms with Crippen LogP contribution in [0.5, 0.6) is 0 Å². The summed E-state index contributed by atoms with van der Waals surface area (Å²) in [4.78, 5) is 10.7. The molecule has 0 spiro atoms. The molecule has 0 bridgehead atoms. The lowest BCUT2D eigenvalue weighted by atomic mass is 9.94. The summed E-state index contributed by atoms with van der Waals surface area (Å²) in [5.74, 6) is 3.18. The first-order valence-electron chi connectivity index (χ1n) is 6.34. The minimum atomic E-state index is -1.34. The van der Waals surface area contributed by atoms with Crippen molar-refractivity contribution in [3.8, 4) is 12.3 Å². The Morgan fingerprint density at radius 3 is 2.52 bits per heavy atom. The zero-order valence-corrected chi connectivity index (χ0v) is 12.6. The van der Waals surface area contributed by atoms with E-state index in [-0.39, 0.29) is 5.75 Å². The quantitative estimate of drug-likeness (QED) is 0.278. The lowest BCUT2D eigenvalue weighted by molar-refractivity contribution is -0.180. The maximum atomic E-state index is 10.7. The third-order valence-electron chi connectivity index (χ3n) is 3.27. The number of hydrogen-bond acceptors (Lipinski definition) is 8. The molecule has 1 aliphatic rings. The predicted octanol–water partition coefficient (Wildman–Crippen LogP) is 0.195. The Morgan fingerprint density at radius 1 is 1.38 bits per heavy atom. The van der Waals surface area contributed by atoms with Gasteiger partial charge in [-0.2, -0.15) is 4.91 Å². The minimum absolute atomic E-state index is 0.186. The molecule has 21 heavy (non-hydrogen) atoms. The standard InChI is InChI=1S/C13H19NO6S/c1-4-7(2)8(3)20-21-6-10-13(17)11(14-18)12(16)9(5-15)19-10/h1,9-13,15-17H,5-6H2,2-3H3/b8-7+. The third-order valence-corrected chi connectivity index (χ3v) is 4.11. The highest BCUT2D eigenvalue weighted by molar-refractivity contribution is 7.94. The normalized spacial score (nSPS) is 33.8. The van der Waals surface area contributed by atoms with E-state index in [1.54, 1.807) is 13.8 Å². The van der Waals surface area contributed by atoms with E-state index in [0.717, 1.165) is 12.0 Å². The monoisotopic (exact) mass is 317 g/mol. The van der Waals surface area contributed by atoms with Gasteiger partial charge in [0.2, 0.25) is 0 Å². The average Bonchev–Trinajstić information content (AvgIpc) is 2.49. The highest BCUT2D eigenvalue weighted by Crippen LogP contribution is 2.26. The Balaban J connectivity index is 2.62. The number of aliphatic hydroxyl groups is 3. The fourth-order valence-electron chi connectivity index (χ4n) is 1.79. The van der Waals surface area contributed by atoms with Gasteiger partial charge in [0.25, 0.3) is 0 Å². The van der Waals surface area contributed by atoms with Gasteiger partial charge in [-0.3, -0.25) is 0 Å². The predicted molar refractivity (Wildman–Crippen MR) is 78.1 cm³/mol. The zero-order valence-electron chi connectivity index (χ0n) is 11.8. The van der Waals surface area contributed by atoms with Crippen LogP contribution in [0, 0.1) is 17.3 Å². The van der Waals surface area contributed by atoms with E-state index >= 15 is 0 Å². The van der Waals surface area contributed by atoms with Crippen LogP contribution in [-0.2, 0) is 8.92 Å². The molecule has 0 amide bonds. The van der Waals surface area contributed by atoms with Gasteiger partial charge in [0.05, 0.1) is 30.5 Å². The molecule has 0 aromatic carbocycles. The molecule has 8 heteroatoms. The van der Waals surface area contributed by atoms with Crippen LogP contribution in [0.15, 0.2) is 16.5 Å². The largest absolute Gasteiger partial charge is 0.429 e. The Kier molecular flexibility index (Phi) is 7.14. The van der Waals surface area contributed by atoms with Crippen molar-refractivity contribution in [1.29, 1.82) is 0 Å².